The standard InChI is InChI=1S/C11H22O5.C10H21BrO4/c1-10(7-13-4-3-12-2)15-6-5-14-8-11-9-16-11;1-10(9-14-6-5-12-2)15-8-7-13-4-3-11/h10-11H,3-9H2,1-2H3;10H,3-9H2,1-2H3. The van der Waals surface area contributed by atoms with Crippen LogP contribution in [0.3, 0.4) is 0 Å². The number of alkyl halides is 1. The second kappa shape index (κ2) is 24.8. The molecule has 0 amide bonds. The summed E-state index contributed by atoms with van der Waals surface area (Å²) < 4.78 is 46.9. The van der Waals surface area contributed by atoms with Crippen LogP contribution in [0, 0.1) is 0 Å². The first-order chi connectivity index (χ1) is 15.1. The van der Waals surface area contributed by atoms with Crippen molar-refractivity contribution in [2.75, 3.05) is 105 Å². The van der Waals surface area contributed by atoms with Gasteiger partial charge < -0.3 is 42.6 Å². The third-order valence-electron chi connectivity index (χ3n) is 3.76. The number of epoxide rings is 1. The zero-order chi connectivity index (χ0) is 23.0. The van der Waals surface area contributed by atoms with Crippen LogP contribution in [0.5, 0.6) is 0 Å². The van der Waals surface area contributed by atoms with E-state index in [0.717, 1.165) is 18.5 Å². The topological polar surface area (TPSA) is 86.4 Å². The minimum atomic E-state index is 0.0950. The lowest BCUT2D eigenvalue weighted by molar-refractivity contribution is -0.0379. The van der Waals surface area contributed by atoms with Crippen LogP contribution >= 0.6 is 15.9 Å². The van der Waals surface area contributed by atoms with Gasteiger partial charge in [-0.2, -0.15) is 0 Å². The van der Waals surface area contributed by atoms with Gasteiger partial charge in [-0.1, -0.05) is 15.9 Å². The number of ether oxygens (including phenoxy) is 9. The van der Waals surface area contributed by atoms with E-state index in [-0.39, 0.29) is 12.2 Å². The van der Waals surface area contributed by atoms with E-state index in [1.807, 2.05) is 13.8 Å². The molecule has 9 nitrogen and oxygen atoms in total. The normalized spacial score (nSPS) is 17.1. The van der Waals surface area contributed by atoms with Gasteiger partial charge in [-0.05, 0) is 13.8 Å². The fraction of sp³-hybridized carbons (Fsp3) is 1.00. The molecule has 188 valence electrons. The van der Waals surface area contributed by atoms with Crippen LogP contribution in [-0.4, -0.2) is 124 Å². The number of hydrogen-bond donors (Lipinski definition) is 0. The van der Waals surface area contributed by atoms with Gasteiger partial charge in [0.25, 0.3) is 0 Å². The van der Waals surface area contributed by atoms with E-state index < -0.39 is 0 Å². The fourth-order valence-electron chi connectivity index (χ4n) is 2.03. The quantitative estimate of drug-likeness (QED) is 0.121. The van der Waals surface area contributed by atoms with Gasteiger partial charge in [-0.25, -0.2) is 0 Å². The van der Waals surface area contributed by atoms with Crippen LogP contribution in [0.1, 0.15) is 13.8 Å². The molecule has 0 aliphatic carbocycles. The Hall–Kier alpha value is 0.120. The van der Waals surface area contributed by atoms with Crippen molar-refractivity contribution in [3.8, 4) is 0 Å². The van der Waals surface area contributed by atoms with Crippen molar-refractivity contribution in [1.82, 2.24) is 0 Å². The van der Waals surface area contributed by atoms with Gasteiger partial charge in [-0.3, -0.25) is 0 Å². The van der Waals surface area contributed by atoms with E-state index in [1.165, 1.54) is 0 Å². The minimum absolute atomic E-state index is 0.0950. The Morgan fingerprint density at radius 1 is 0.710 bits per heavy atom. The van der Waals surface area contributed by atoms with Crippen LogP contribution in [-0.2, 0) is 42.6 Å². The summed E-state index contributed by atoms with van der Waals surface area (Å²) in [4.78, 5) is 0. The van der Waals surface area contributed by atoms with Gasteiger partial charge in [0.1, 0.15) is 6.10 Å². The molecule has 0 aromatic carbocycles. The first-order valence-corrected chi connectivity index (χ1v) is 12.0. The van der Waals surface area contributed by atoms with E-state index in [4.69, 9.17) is 42.6 Å². The molecule has 0 radical (unpaired) electrons. The molecule has 1 rings (SSSR count). The highest BCUT2D eigenvalue weighted by Crippen LogP contribution is 2.08. The minimum Gasteiger partial charge on any atom is -0.382 e. The second-order valence-electron chi connectivity index (χ2n) is 6.83. The van der Waals surface area contributed by atoms with E-state index in [9.17, 15) is 0 Å². The molecule has 0 saturated carbocycles. The maximum Gasteiger partial charge on any atom is 0.104 e. The summed E-state index contributed by atoms with van der Waals surface area (Å²) in [6, 6.07) is 0. The van der Waals surface area contributed by atoms with Gasteiger partial charge in [0.05, 0.1) is 98.1 Å². The smallest absolute Gasteiger partial charge is 0.104 e. The molecule has 31 heavy (non-hydrogen) atoms. The summed E-state index contributed by atoms with van der Waals surface area (Å²) in [6.45, 7) is 12.3. The van der Waals surface area contributed by atoms with Crippen molar-refractivity contribution in [2.24, 2.45) is 0 Å². The number of hydrogen-bond acceptors (Lipinski definition) is 9. The van der Waals surface area contributed by atoms with Crippen molar-refractivity contribution in [1.29, 1.82) is 0 Å². The van der Waals surface area contributed by atoms with E-state index in [0.29, 0.717) is 78.8 Å². The predicted molar refractivity (Wildman–Crippen MR) is 121 cm³/mol. The first-order valence-electron chi connectivity index (χ1n) is 10.8. The maximum absolute atomic E-state index is 5.49. The average molecular weight is 519 g/mol. The fourth-order valence-corrected chi connectivity index (χ4v) is 2.26. The lowest BCUT2D eigenvalue weighted by Crippen LogP contribution is -2.20. The van der Waals surface area contributed by atoms with Crippen LogP contribution in [0.25, 0.3) is 0 Å². The second-order valence-corrected chi connectivity index (χ2v) is 7.62. The molecule has 0 N–H and O–H groups in total. The van der Waals surface area contributed by atoms with Gasteiger partial charge in [0.15, 0.2) is 0 Å². The molecule has 3 atom stereocenters. The first kappa shape index (κ1) is 31.1. The molecule has 1 fully saturated rings. The summed E-state index contributed by atoms with van der Waals surface area (Å²) in [6.07, 6.45) is 0.529. The molecule has 10 heteroatoms. The Morgan fingerprint density at radius 3 is 1.65 bits per heavy atom. The van der Waals surface area contributed by atoms with Crippen molar-refractivity contribution < 1.29 is 42.6 Å². The van der Waals surface area contributed by atoms with Gasteiger partial charge >= 0.3 is 0 Å². The van der Waals surface area contributed by atoms with Crippen LogP contribution < -0.4 is 0 Å². The highest BCUT2D eigenvalue weighted by Gasteiger charge is 2.22. The number of methoxy groups -OCH3 is 2. The summed E-state index contributed by atoms with van der Waals surface area (Å²) in [5, 5.41) is 0.864. The van der Waals surface area contributed by atoms with Gasteiger partial charge in [-0.15, -0.1) is 0 Å². The Labute approximate surface area is 196 Å². The summed E-state index contributed by atoms with van der Waals surface area (Å²) in [5.74, 6) is 0. The zero-order valence-electron chi connectivity index (χ0n) is 19.7. The van der Waals surface area contributed by atoms with E-state index in [1.54, 1.807) is 14.2 Å². The highest BCUT2D eigenvalue weighted by atomic mass is 79.9. The highest BCUT2D eigenvalue weighted by molar-refractivity contribution is 9.09. The SMILES string of the molecule is COCCOCC(C)OCCOCC1CO1.COCCOCC(C)OCCOCCBr. The lowest BCUT2D eigenvalue weighted by atomic mass is 10.4. The number of rotatable bonds is 22. The number of halogens is 1. The Balaban J connectivity index is 0.000000582. The lowest BCUT2D eigenvalue weighted by Gasteiger charge is -2.13. The third kappa shape index (κ3) is 26.3. The van der Waals surface area contributed by atoms with Gasteiger partial charge in [0, 0.05) is 19.5 Å². The van der Waals surface area contributed by atoms with E-state index >= 15 is 0 Å². The molecule has 0 bridgehead atoms. The van der Waals surface area contributed by atoms with Crippen molar-refractivity contribution in [3.05, 3.63) is 0 Å². The van der Waals surface area contributed by atoms with Gasteiger partial charge in [0.2, 0.25) is 0 Å². The Kier molecular flexibility index (Phi) is 24.9. The molecule has 3 unspecified atom stereocenters. The van der Waals surface area contributed by atoms with Crippen molar-refractivity contribution in [3.63, 3.8) is 0 Å². The molecule has 0 aromatic rings. The van der Waals surface area contributed by atoms with Crippen LogP contribution in [0.2, 0.25) is 0 Å². The molecule has 0 aromatic heterocycles. The van der Waals surface area contributed by atoms with Crippen LogP contribution in [0.15, 0.2) is 0 Å². The van der Waals surface area contributed by atoms with Crippen LogP contribution in [0.4, 0.5) is 0 Å². The molecule has 1 heterocycles. The summed E-state index contributed by atoms with van der Waals surface area (Å²) in [7, 11) is 3.31. The average Bonchev–Trinajstić information content (AvgIpc) is 3.59. The Morgan fingerprint density at radius 2 is 1.19 bits per heavy atom. The maximum atomic E-state index is 5.49. The zero-order valence-corrected chi connectivity index (χ0v) is 21.3. The molecular weight excluding hydrogens is 476 g/mol. The summed E-state index contributed by atoms with van der Waals surface area (Å²) in [5.41, 5.74) is 0. The summed E-state index contributed by atoms with van der Waals surface area (Å²) >= 11 is 3.28. The molecular formula is C21H43BrO9. The largest absolute Gasteiger partial charge is 0.382 e. The predicted octanol–water partition coefficient (Wildman–Crippen LogP) is 1.94. The van der Waals surface area contributed by atoms with E-state index in [2.05, 4.69) is 15.9 Å². The third-order valence-corrected chi connectivity index (χ3v) is 4.08. The Bertz CT molecular complexity index is 349. The molecule has 1 saturated heterocycles. The van der Waals surface area contributed by atoms with Crippen molar-refractivity contribution in [2.45, 2.75) is 32.2 Å². The molecule has 1 aliphatic heterocycles. The molecule has 1 aliphatic rings. The monoisotopic (exact) mass is 518 g/mol. The van der Waals surface area contributed by atoms with Crippen molar-refractivity contribution >= 4 is 15.9 Å². The molecule has 0 spiro atoms.